The minimum Gasteiger partial charge on any atom is -0.339 e. The molecule has 4 aromatic rings. The maximum atomic E-state index is 10.9. The SMILES string of the molecule is Cc1nc(-c2ccc3c(ccc4cc(C=O)ccc43)c2)no1. The van der Waals surface area contributed by atoms with E-state index in [-0.39, 0.29) is 0 Å². The Balaban J connectivity index is 1.94. The topological polar surface area (TPSA) is 56.0 Å². The average Bonchev–Trinajstić information content (AvgIpc) is 3.00. The Morgan fingerprint density at radius 1 is 0.955 bits per heavy atom. The van der Waals surface area contributed by atoms with Gasteiger partial charge in [0, 0.05) is 18.1 Å². The molecule has 0 fully saturated rings. The molecule has 0 amide bonds. The van der Waals surface area contributed by atoms with Gasteiger partial charge in [-0.2, -0.15) is 4.98 Å². The average molecular weight is 288 g/mol. The summed E-state index contributed by atoms with van der Waals surface area (Å²) in [6.07, 6.45) is 0.866. The fourth-order valence-electron chi connectivity index (χ4n) is 2.72. The van der Waals surface area contributed by atoms with E-state index in [1.807, 2.05) is 42.5 Å². The number of aldehydes is 1. The summed E-state index contributed by atoms with van der Waals surface area (Å²) in [6, 6.07) is 15.9. The van der Waals surface area contributed by atoms with Gasteiger partial charge in [0.2, 0.25) is 11.7 Å². The van der Waals surface area contributed by atoms with Gasteiger partial charge in [-0.1, -0.05) is 41.6 Å². The van der Waals surface area contributed by atoms with E-state index in [2.05, 4.69) is 16.2 Å². The van der Waals surface area contributed by atoms with E-state index in [1.54, 1.807) is 6.92 Å². The number of aromatic nitrogens is 2. The summed E-state index contributed by atoms with van der Waals surface area (Å²) < 4.78 is 5.03. The van der Waals surface area contributed by atoms with Gasteiger partial charge in [0.05, 0.1) is 0 Å². The number of nitrogens with zero attached hydrogens (tertiary/aromatic N) is 2. The Kier molecular flexibility index (Phi) is 2.76. The number of fused-ring (bicyclic) bond motifs is 3. The molecule has 0 saturated heterocycles. The molecule has 0 saturated carbocycles. The van der Waals surface area contributed by atoms with E-state index in [4.69, 9.17) is 4.52 Å². The third-order valence-electron chi connectivity index (χ3n) is 3.78. The molecule has 0 aliphatic rings. The Morgan fingerprint density at radius 3 is 2.36 bits per heavy atom. The van der Waals surface area contributed by atoms with Gasteiger partial charge in [-0.05, 0) is 33.7 Å². The minimum absolute atomic E-state index is 0.551. The summed E-state index contributed by atoms with van der Waals surface area (Å²) >= 11 is 0. The largest absolute Gasteiger partial charge is 0.339 e. The highest BCUT2D eigenvalue weighted by molar-refractivity contribution is 6.09. The zero-order valence-corrected chi connectivity index (χ0v) is 11.9. The molecule has 4 nitrogen and oxygen atoms in total. The number of hydrogen-bond acceptors (Lipinski definition) is 4. The summed E-state index contributed by atoms with van der Waals surface area (Å²) in [5.74, 6) is 1.14. The predicted octanol–water partition coefficient (Wildman–Crippen LogP) is 4.16. The van der Waals surface area contributed by atoms with E-state index < -0.39 is 0 Å². The molecule has 22 heavy (non-hydrogen) atoms. The van der Waals surface area contributed by atoms with Gasteiger partial charge in [0.15, 0.2) is 0 Å². The monoisotopic (exact) mass is 288 g/mol. The van der Waals surface area contributed by atoms with Gasteiger partial charge in [-0.3, -0.25) is 4.79 Å². The van der Waals surface area contributed by atoms with Crippen LogP contribution < -0.4 is 0 Å². The first kappa shape index (κ1) is 12.7. The molecule has 0 N–H and O–H groups in total. The van der Waals surface area contributed by atoms with Gasteiger partial charge >= 0.3 is 0 Å². The molecule has 0 radical (unpaired) electrons. The van der Waals surface area contributed by atoms with Crippen LogP contribution in [0.15, 0.2) is 53.1 Å². The van der Waals surface area contributed by atoms with Crippen LogP contribution in [0.2, 0.25) is 0 Å². The van der Waals surface area contributed by atoms with Crippen molar-refractivity contribution in [1.29, 1.82) is 0 Å². The number of carbonyl (C=O) groups excluding carboxylic acids is 1. The van der Waals surface area contributed by atoms with Gasteiger partial charge < -0.3 is 4.52 Å². The first-order chi connectivity index (χ1) is 10.7. The van der Waals surface area contributed by atoms with Gasteiger partial charge in [-0.15, -0.1) is 0 Å². The number of carbonyl (C=O) groups is 1. The summed E-state index contributed by atoms with van der Waals surface area (Å²) in [7, 11) is 0. The zero-order chi connectivity index (χ0) is 15.1. The lowest BCUT2D eigenvalue weighted by atomic mass is 9.99. The van der Waals surface area contributed by atoms with Crippen molar-refractivity contribution in [2.75, 3.05) is 0 Å². The summed E-state index contributed by atoms with van der Waals surface area (Å²) in [5.41, 5.74) is 1.61. The second kappa shape index (κ2) is 4.77. The molecule has 0 spiro atoms. The van der Waals surface area contributed by atoms with Gasteiger partial charge in [0.25, 0.3) is 0 Å². The molecule has 3 aromatic carbocycles. The summed E-state index contributed by atoms with van der Waals surface area (Å²) in [5, 5.41) is 8.37. The second-order valence-electron chi connectivity index (χ2n) is 5.24. The molecule has 1 heterocycles. The van der Waals surface area contributed by atoms with Crippen molar-refractivity contribution in [1.82, 2.24) is 10.1 Å². The summed E-state index contributed by atoms with van der Waals surface area (Å²) in [4.78, 5) is 15.2. The number of aryl methyl sites for hydroxylation is 1. The maximum absolute atomic E-state index is 10.9. The van der Waals surface area contributed by atoms with E-state index in [0.717, 1.165) is 33.4 Å². The van der Waals surface area contributed by atoms with Gasteiger partial charge in [-0.25, -0.2) is 0 Å². The lowest BCUT2D eigenvalue weighted by Gasteiger charge is -2.05. The molecular weight excluding hydrogens is 276 g/mol. The lowest BCUT2D eigenvalue weighted by molar-refractivity contribution is 0.112. The van der Waals surface area contributed by atoms with Crippen molar-refractivity contribution in [2.24, 2.45) is 0 Å². The first-order valence-electron chi connectivity index (χ1n) is 6.97. The third kappa shape index (κ3) is 1.97. The van der Waals surface area contributed by atoms with Crippen LogP contribution in [0.25, 0.3) is 32.9 Å². The smallest absolute Gasteiger partial charge is 0.223 e. The number of benzene rings is 3. The van der Waals surface area contributed by atoms with E-state index >= 15 is 0 Å². The molecular formula is C18H12N2O2. The van der Waals surface area contributed by atoms with E-state index in [1.165, 1.54) is 0 Å². The molecule has 4 rings (SSSR count). The highest BCUT2D eigenvalue weighted by Gasteiger charge is 2.08. The highest BCUT2D eigenvalue weighted by atomic mass is 16.5. The molecule has 1 aromatic heterocycles. The molecule has 0 atom stereocenters. The fourth-order valence-corrected chi connectivity index (χ4v) is 2.72. The van der Waals surface area contributed by atoms with Crippen molar-refractivity contribution in [3.8, 4) is 11.4 Å². The quantitative estimate of drug-likeness (QED) is 0.410. The minimum atomic E-state index is 0.551. The molecule has 0 aliphatic carbocycles. The standard InChI is InChI=1S/C18H12N2O2/c1-11-19-18(20-22-11)15-5-7-17-14(9-15)4-3-13-8-12(10-21)2-6-16(13)17/h2-10H,1H3. The predicted molar refractivity (Wildman–Crippen MR) is 84.9 cm³/mol. The normalized spacial score (nSPS) is 11.1. The Morgan fingerprint density at radius 2 is 1.68 bits per heavy atom. The molecule has 4 heteroatoms. The van der Waals surface area contributed by atoms with Crippen LogP contribution in [-0.2, 0) is 0 Å². The second-order valence-corrected chi connectivity index (χ2v) is 5.24. The molecule has 0 unspecified atom stereocenters. The van der Waals surface area contributed by atoms with Crippen molar-refractivity contribution in [3.63, 3.8) is 0 Å². The Bertz CT molecular complexity index is 1020. The maximum Gasteiger partial charge on any atom is 0.223 e. The van der Waals surface area contributed by atoms with Crippen LogP contribution in [0, 0.1) is 6.92 Å². The van der Waals surface area contributed by atoms with E-state index in [0.29, 0.717) is 17.3 Å². The van der Waals surface area contributed by atoms with Crippen molar-refractivity contribution in [3.05, 3.63) is 60.0 Å². The number of hydrogen-bond donors (Lipinski definition) is 0. The molecule has 0 bridgehead atoms. The van der Waals surface area contributed by atoms with Crippen molar-refractivity contribution in [2.45, 2.75) is 6.92 Å². The summed E-state index contributed by atoms with van der Waals surface area (Å²) in [6.45, 7) is 1.77. The van der Waals surface area contributed by atoms with Gasteiger partial charge in [0.1, 0.15) is 6.29 Å². The first-order valence-corrected chi connectivity index (χ1v) is 6.97. The Labute approximate surface area is 126 Å². The van der Waals surface area contributed by atoms with Crippen molar-refractivity contribution < 1.29 is 9.32 Å². The van der Waals surface area contributed by atoms with Crippen molar-refractivity contribution >= 4 is 27.8 Å². The molecule has 0 aliphatic heterocycles. The molecule has 106 valence electrons. The van der Waals surface area contributed by atoms with Crippen LogP contribution >= 0.6 is 0 Å². The Hall–Kier alpha value is -3.01. The van der Waals surface area contributed by atoms with Crippen LogP contribution in [0.4, 0.5) is 0 Å². The van der Waals surface area contributed by atoms with E-state index in [9.17, 15) is 4.79 Å². The zero-order valence-electron chi connectivity index (χ0n) is 11.9. The van der Waals surface area contributed by atoms with Crippen LogP contribution in [0.5, 0.6) is 0 Å². The highest BCUT2D eigenvalue weighted by Crippen LogP contribution is 2.29. The lowest BCUT2D eigenvalue weighted by Crippen LogP contribution is -1.84. The van der Waals surface area contributed by atoms with Crippen LogP contribution in [0.3, 0.4) is 0 Å². The fraction of sp³-hybridized carbons (Fsp3) is 0.0556. The van der Waals surface area contributed by atoms with Crippen LogP contribution in [-0.4, -0.2) is 16.4 Å². The number of rotatable bonds is 2. The third-order valence-corrected chi connectivity index (χ3v) is 3.78. The van der Waals surface area contributed by atoms with Crippen LogP contribution in [0.1, 0.15) is 16.2 Å².